The summed E-state index contributed by atoms with van der Waals surface area (Å²) in [5.74, 6) is -1.03. The number of para-hydroxylation sites is 1. The van der Waals surface area contributed by atoms with E-state index in [1.807, 2.05) is 24.3 Å². The summed E-state index contributed by atoms with van der Waals surface area (Å²) >= 11 is 0. The Labute approximate surface area is 194 Å². The molecule has 170 valence electrons. The maximum Gasteiger partial charge on any atom is 0.339 e. The SMILES string of the molecule is COC(=O)c1ccccc1NC(=O)c1ccc(CNC(=O)c2ccc(C(C)(C)C)cc2)cc1. The summed E-state index contributed by atoms with van der Waals surface area (Å²) in [7, 11) is 1.29. The van der Waals surface area contributed by atoms with Crippen molar-refractivity contribution in [2.75, 3.05) is 12.4 Å². The Hall–Kier alpha value is -3.93. The summed E-state index contributed by atoms with van der Waals surface area (Å²) in [6, 6.07) is 21.2. The van der Waals surface area contributed by atoms with Gasteiger partial charge in [0, 0.05) is 17.7 Å². The summed E-state index contributed by atoms with van der Waals surface area (Å²) in [6.45, 7) is 6.73. The van der Waals surface area contributed by atoms with Crippen LogP contribution in [0.15, 0.2) is 72.8 Å². The van der Waals surface area contributed by atoms with Gasteiger partial charge in [0.05, 0.1) is 18.4 Å². The van der Waals surface area contributed by atoms with Gasteiger partial charge in [-0.1, -0.05) is 57.2 Å². The summed E-state index contributed by atoms with van der Waals surface area (Å²) in [4.78, 5) is 36.9. The number of amides is 2. The minimum Gasteiger partial charge on any atom is -0.465 e. The number of methoxy groups -OCH3 is 1. The van der Waals surface area contributed by atoms with E-state index in [-0.39, 0.29) is 22.8 Å². The third-order valence-electron chi connectivity index (χ3n) is 5.26. The van der Waals surface area contributed by atoms with Gasteiger partial charge in [0.2, 0.25) is 0 Å². The summed E-state index contributed by atoms with van der Waals surface area (Å²) in [6.07, 6.45) is 0. The molecule has 3 rings (SSSR count). The van der Waals surface area contributed by atoms with Crippen LogP contribution in [0.5, 0.6) is 0 Å². The van der Waals surface area contributed by atoms with Crippen molar-refractivity contribution in [3.63, 3.8) is 0 Å². The minimum absolute atomic E-state index is 0.0322. The highest BCUT2D eigenvalue weighted by atomic mass is 16.5. The molecule has 0 radical (unpaired) electrons. The van der Waals surface area contributed by atoms with Gasteiger partial charge in [-0.2, -0.15) is 0 Å². The summed E-state index contributed by atoms with van der Waals surface area (Å²) < 4.78 is 4.75. The molecule has 0 spiro atoms. The Morgan fingerprint density at radius 1 is 0.788 bits per heavy atom. The molecule has 0 saturated carbocycles. The topological polar surface area (TPSA) is 84.5 Å². The molecule has 2 amide bonds. The van der Waals surface area contributed by atoms with E-state index in [1.165, 1.54) is 12.7 Å². The average Bonchev–Trinajstić information content (AvgIpc) is 2.82. The number of anilines is 1. The molecule has 33 heavy (non-hydrogen) atoms. The Morgan fingerprint density at radius 2 is 1.36 bits per heavy atom. The van der Waals surface area contributed by atoms with E-state index >= 15 is 0 Å². The van der Waals surface area contributed by atoms with Crippen molar-refractivity contribution in [2.45, 2.75) is 32.7 Å². The molecule has 6 heteroatoms. The Kier molecular flexibility index (Phi) is 7.28. The van der Waals surface area contributed by atoms with Crippen LogP contribution in [0.4, 0.5) is 5.69 Å². The van der Waals surface area contributed by atoms with Crippen molar-refractivity contribution in [2.24, 2.45) is 0 Å². The molecule has 0 aromatic heterocycles. The predicted molar refractivity (Wildman–Crippen MR) is 128 cm³/mol. The van der Waals surface area contributed by atoms with Crippen LogP contribution in [0.25, 0.3) is 0 Å². The van der Waals surface area contributed by atoms with E-state index in [0.29, 0.717) is 23.4 Å². The van der Waals surface area contributed by atoms with Gasteiger partial charge in [-0.25, -0.2) is 4.79 Å². The van der Waals surface area contributed by atoms with Crippen molar-refractivity contribution >= 4 is 23.5 Å². The van der Waals surface area contributed by atoms with E-state index in [9.17, 15) is 14.4 Å². The molecule has 2 N–H and O–H groups in total. The molecule has 0 saturated heterocycles. The number of esters is 1. The van der Waals surface area contributed by atoms with Gasteiger partial charge in [0.25, 0.3) is 11.8 Å². The zero-order chi connectivity index (χ0) is 24.0. The van der Waals surface area contributed by atoms with E-state index in [2.05, 4.69) is 31.4 Å². The van der Waals surface area contributed by atoms with Gasteiger partial charge in [-0.15, -0.1) is 0 Å². The standard InChI is InChI=1S/C27H28N2O4/c1-27(2,3)21-15-13-19(14-16-21)24(30)28-17-18-9-11-20(12-10-18)25(31)29-23-8-6-5-7-22(23)26(32)33-4/h5-16H,17H2,1-4H3,(H,28,30)(H,29,31). The monoisotopic (exact) mass is 444 g/mol. The second-order valence-corrected chi connectivity index (χ2v) is 8.70. The van der Waals surface area contributed by atoms with Gasteiger partial charge < -0.3 is 15.4 Å². The molecule has 3 aromatic rings. The van der Waals surface area contributed by atoms with Gasteiger partial charge >= 0.3 is 5.97 Å². The van der Waals surface area contributed by atoms with Crippen LogP contribution >= 0.6 is 0 Å². The highest BCUT2D eigenvalue weighted by Gasteiger charge is 2.15. The largest absolute Gasteiger partial charge is 0.465 e. The number of carbonyl (C=O) groups is 3. The third kappa shape index (κ3) is 6.07. The Morgan fingerprint density at radius 3 is 1.97 bits per heavy atom. The first kappa shape index (κ1) is 23.7. The fourth-order valence-electron chi connectivity index (χ4n) is 3.25. The predicted octanol–water partition coefficient (Wildman–Crippen LogP) is 4.95. The first-order valence-corrected chi connectivity index (χ1v) is 10.7. The van der Waals surface area contributed by atoms with Crippen LogP contribution in [0.3, 0.4) is 0 Å². The smallest absolute Gasteiger partial charge is 0.339 e. The maximum atomic E-state index is 12.6. The van der Waals surface area contributed by atoms with Crippen molar-refractivity contribution in [3.05, 3.63) is 101 Å². The molecule has 0 aliphatic rings. The quantitative estimate of drug-likeness (QED) is 0.527. The molecule has 0 heterocycles. The van der Waals surface area contributed by atoms with Crippen LogP contribution < -0.4 is 10.6 Å². The molecule has 0 aliphatic heterocycles. The minimum atomic E-state index is -0.523. The van der Waals surface area contributed by atoms with Crippen LogP contribution in [-0.4, -0.2) is 24.9 Å². The molecule has 3 aromatic carbocycles. The van der Waals surface area contributed by atoms with Crippen molar-refractivity contribution < 1.29 is 19.1 Å². The van der Waals surface area contributed by atoms with E-state index in [0.717, 1.165) is 5.56 Å². The molecular formula is C27H28N2O4. The molecule has 0 unspecified atom stereocenters. The second-order valence-electron chi connectivity index (χ2n) is 8.70. The van der Waals surface area contributed by atoms with Crippen LogP contribution in [0.1, 0.15) is 63.0 Å². The van der Waals surface area contributed by atoms with Crippen molar-refractivity contribution in [1.29, 1.82) is 0 Å². The number of ether oxygens (including phenoxy) is 1. The van der Waals surface area contributed by atoms with Crippen molar-refractivity contribution in [1.82, 2.24) is 5.32 Å². The normalized spacial score (nSPS) is 10.9. The molecule has 0 aliphatic carbocycles. The summed E-state index contributed by atoms with van der Waals surface area (Å²) in [5, 5.41) is 5.64. The van der Waals surface area contributed by atoms with Gasteiger partial charge in [-0.05, 0) is 52.9 Å². The fraction of sp³-hybridized carbons (Fsp3) is 0.222. The summed E-state index contributed by atoms with van der Waals surface area (Å²) in [5.41, 5.74) is 3.75. The lowest BCUT2D eigenvalue weighted by Crippen LogP contribution is -2.23. The third-order valence-corrected chi connectivity index (χ3v) is 5.26. The number of carbonyl (C=O) groups excluding carboxylic acids is 3. The van der Waals surface area contributed by atoms with Crippen LogP contribution in [-0.2, 0) is 16.7 Å². The van der Waals surface area contributed by atoms with E-state index in [4.69, 9.17) is 4.74 Å². The second kappa shape index (κ2) is 10.1. The van der Waals surface area contributed by atoms with Gasteiger partial charge in [-0.3, -0.25) is 9.59 Å². The maximum absolute atomic E-state index is 12.6. The fourth-order valence-corrected chi connectivity index (χ4v) is 3.25. The zero-order valence-electron chi connectivity index (χ0n) is 19.3. The van der Waals surface area contributed by atoms with Gasteiger partial charge in [0.1, 0.15) is 0 Å². The number of rotatable bonds is 6. The first-order chi connectivity index (χ1) is 15.7. The first-order valence-electron chi connectivity index (χ1n) is 10.7. The molecule has 0 fully saturated rings. The lowest BCUT2D eigenvalue weighted by Gasteiger charge is -2.19. The molecule has 0 bridgehead atoms. The highest BCUT2D eigenvalue weighted by molar-refractivity contribution is 6.08. The lowest BCUT2D eigenvalue weighted by atomic mass is 9.87. The molecule has 6 nitrogen and oxygen atoms in total. The highest BCUT2D eigenvalue weighted by Crippen LogP contribution is 2.22. The van der Waals surface area contributed by atoms with E-state index < -0.39 is 5.97 Å². The average molecular weight is 445 g/mol. The number of hydrogen-bond acceptors (Lipinski definition) is 4. The molecule has 0 atom stereocenters. The molecular weight excluding hydrogens is 416 g/mol. The number of nitrogens with one attached hydrogen (secondary N) is 2. The van der Waals surface area contributed by atoms with E-state index in [1.54, 1.807) is 48.5 Å². The number of benzene rings is 3. The Bertz CT molecular complexity index is 1140. The number of hydrogen-bond donors (Lipinski definition) is 2. The van der Waals surface area contributed by atoms with Crippen LogP contribution in [0, 0.1) is 0 Å². The Balaban J connectivity index is 1.60. The van der Waals surface area contributed by atoms with Crippen molar-refractivity contribution in [3.8, 4) is 0 Å². The van der Waals surface area contributed by atoms with Gasteiger partial charge in [0.15, 0.2) is 0 Å². The zero-order valence-corrected chi connectivity index (χ0v) is 19.3. The lowest BCUT2D eigenvalue weighted by molar-refractivity contribution is 0.0601. The van der Waals surface area contributed by atoms with Crippen LogP contribution in [0.2, 0.25) is 0 Å².